The largest absolute Gasteiger partial charge is 0.310 e. The van der Waals surface area contributed by atoms with Gasteiger partial charge < -0.3 is 5.32 Å². The van der Waals surface area contributed by atoms with Crippen molar-refractivity contribution in [2.75, 3.05) is 0 Å². The van der Waals surface area contributed by atoms with E-state index in [4.69, 9.17) is 0 Å². The van der Waals surface area contributed by atoms with Gasteiger partial charge in [0.1, 0.15) is 0 Å². The van der Waals surface area contributed by atoms with Crippen molar-refractivity contribution in [3.63, 3.8) is 0 Å². The Morgan fingerprint density at radius 2 is 2.20 bits per heavy atom. The minimum Gasteiger partial charge on any atom is -0.310 e. The molecule has 0 aromatic heterocycles. The highest BCUT2D eigenvalue weighted by Crippen LogP contribution is 2.23. The molecule has 2 rings (SSSR count). The van der Waals surface area contributed by atoms with Crippen LogP contribution in [0.25, 0.3) is 0 Å². The monoisotopic (exact) mass is 267 g/mol. The van der Waals surface area contributed by atoms with E-state index in [1.54, 1.807) is 0 Å². The molecule has 1 unspecified atom stereocenters. The van der Waals surface area contributed by atoms with Gasteiger partial charge >= 0.3 is 0 Å². The summed E-state index contributed by atoms with van der Waals surface area (Å²) in [5, 5.41) is 3.61. The molecule has 15 heavy (non-hydrogen) atoms. The Hall–Kier alpha value is -0.340. The Labute approximate surface area is 100 Å². The Kier molecular flexibility index (Phi) is 3.47. The first kappa shape index (κ1) is 11.2. The van der Waals surface area contributed by atoms with E-state index < -0.39 is 0 Å². The summed E-state index contributed by atoms with van der Waals surface area (Å²) in [5.74, 6) is 0.777. The van der Waals surface area contributed by atoms with E-state index in [2.05, 4.69) is 53.3 Å². The van der Waals surface area contributed by atoms with Crippen LogP contribution >= 0.6 is 15.9 Å². The maximum absolute atomic E-state index is 3.61. The first-order valence-electron chi connectivity index (χ1n) is 5.66. The summed E-state index contributed by atoms with van der Waals surface area (Å²) >= 11 is 3.52. The summed E-state index contributed by atoms with van der Waals surface area (Å²) < 4.78 is 1.19. The third kappa shape index (κ3) is 2.82. The van der Waals surface area contributed by atoms with Crippen LogP contribution in [0.3, 0.4) is 0 Å². The highest BCUT2D eigenvalue weighted by molar-refractivity contribution is 9.10. The number of hydrogen-bond donors (Lipinski definition) is 1. The van der Waals surface area contributed by atoms with E-state index >= 15 is 0 Å². The highest BCUT2D eigenvalue weighted by atomic mass is 79.9. The number of fused-ring (bicyclic) bond motifs is 1. The average Bonchev–Trinajstić information content (AvgIpc) is 2.17. The molecule has 0 radical (unpaired) electrons. The fraction of sp³-hybridized carbons (Fsp3) is 0.538. The molecule has 1 nitrogen and oxygen atoms in total. The van der Waals surface area contributed by atoms with Gasteiger partial charge in [-0.3, -0.25) is 0 Å². The Bertz CT molecular complexity index is 346. The quantitative estimate of drug-likeness (QED) is 0.865. The SMILES string of the molecule is CC(C)CC1Cc2ccc(Br)cc2CN1. The molecule has 1 aromatic carbocycles. The summed E-state index contributed by atoms with van der Waals surface area (Å²) in [4.78, 5) is 0. The molecule has 1 aliphatic heterocycles. The number of rotatable bonds is 2. The third-order valence-electron chi connectivity index (χ3n) is 2.97. The van der Waals surface area contributed by atoms with Crippen molar-refractivity contribution in [3.05, 3.63) is 33.8 Å². The zero-order valence-corrected chi connectivity index (χ0v) is 11.0. The summed E-state index contributed by atoms with van der Waals surface area (Å²) in [5.41, 5.74) is 2.96. The van der Waals surface area contributed by atoms with Crippen LogP contribution in [0.5, 0.6) is 0 Å². The predicted octanol–water partition coefficient (Wildman–Crippen LogP) is 3.51. The van der Waals surface area contributed by atoms with E-state index in [0.717, 1.165) is 12.5 Å². The minimum atomic E-state index is 0.665. The number of hydrogen-bond acceptors (Lipinski definition) is 1. The zero-order chi connectivity index (χ0) is 10.8. The molecule has 1 atom stereocenters. The lowest BCUT2D eigenvalue weighted by atomic mass is 9.91. The number of benzene rings is 1. The van der Waals surface area contributed by atoms with Crippen LogP contribution in [0.15, 0.2) is 22.7 Å². The Balaban J connectivity index is 2.10. The maximum atomic E-state index is 3.61. The molecule has 1 aliphatic rings. The van der Waals surface area contributed by atoms with Crippen LogP contribution in [0, 0.1) is 5.92 Å². The van der Waals surface area contributed by atoms with Crippen LogP contribution in [0.1, 0.15) is 31.4 Å². The summed E-state index contributed by atoms with van der Waals surface area (Å²) in [6, 6.07) is 7.30. The first-order chi connectivity index (χ1) is 7.15. The zero-order valence-electron chi connectivity index (χ0n) is 9.39. The number of halogens is 1. The molecule has 0 saturated carbocycles. The van der Waals surface area contributed by atoms with Gasteiger partial charge in [-0.2, -0.15) is 0 Å². The van der Waals surface area contributed by atoms with Crippen molar-refractivity contribution in [2.45, 2.75) is 39.3 Å². The number of nitrogens with one attached hydrogen (secondary N) is 1. The van der Waals surface area contributed by atoms with Gasteiger partial charge in [-0.15, -0.1) is 0 Å². The van der Waals surface area contributed by atoms with Crippen molar-refractivity contribution >= 4 is 15.9 Å². The minimum absolute atomic E-state index is 0.665. The first-order valence-corrected chi connectivity index (χ1v) is 6.45. The standard InChI is InChI=1S/C13H18BrN/c1-9(2)5-13-7-10-3-4-12(14)6-11(10)8-15-13/h3-4,6,9,13,15H,5,7-8H2,1-2H3. The molecular weight excluding hydrogens is 250 g/mol. The van der Waals surface area contributed by atoms with E-state index in [1.165, 1.54) is 28.4 Å². The summed E-state index contributed by atoms with van der Waals surface area (Å²) in [6.07, 6.45) is 2.45. The molecule has 0 amide bonds. The maximum Gasteiger partial charge on any atom is 0.0211 e. The molecule has 0 aliphatic carbocycles. The molecule has 1 N–H and O–H groups in total. The normalized spacial score (nSPS) is 20.4. The van der Waals surface area contributed by atoms with Gasteiger partial charge in [-0.05, 0) is 42.0 Å². The molecule has 0 saturated heterocycles. The molecule has 82 valence electrons. The van der Waals surface area contributed by atoms with Gasteiger partial charge in [0.25, 0.3) is 0 Å². The van der Waals surface area contributed by atoms with Crippen LogP contribution < -0.4 is 5.32 Å². The van der Waals surface area contributed by atoms with Gasteiger partial charge in [0.2, 0.25) is 0 Å². The second-order valence-corrected chi connectivity index (χ2v) is 5.74. The van der Waals surface area contributed by atoms with E-state index in [1.807, 2.05) is 0 Å². The second kappa shape index (κ2) is 4.67. The van der Waals surface area contributed by atoms with Crippen molar-refractivity contribution in [1.29, 1.82) is 0 Å². The Morgan fingerprint density at radius 3 is 2.93 bits per heavy atom. The van der Waals surface area contributed by atoms with Crippen LogP contribution in [-0.2, 0) is 13.0 Å². The van der Waals surface area contributed by atoms with Crippen LogP contribution in [0.2, 0.25) is 0 Å². The molecule has 0 bridgehead atoms. The molecule has 0 spiro atoms. The lowest BCUT2D eigenvalue weighted by Gasteiger charge is -2.27. The van der Waals surface area contributed by atoms with Gasteiger partial charge in [0.15, 0.2) is 0 Å². The van der Waals surface area contributed by atoms with Crippen molar-refractivity contribution < 1.29 is 0 Å². The molecule has 0 fully saturated rings. The van der Waals surface area contributed by atoms with Gasteiger partial charge in [-0.25, -0.2) is 0 Å². The van der Waals surface area contributed by atoms with E-state index in [-0.39, 0.29) is 0 Å². The summed E-state index contributed by atoms with van der Waals surface area (Å²) in [6.45, 7) is 5.60. The smallest absolute Gasteiger partial charge is 0.0211 e. The van der Waals surface area contributed by atoms with Crippen molar-refractivity contribution in [1.82, 2.24) is 5.32 Å². The van der Waals surface area contributed by atoms with E-state index in [9.17, 15) is 0 Å². The predicted molar refractivity (Wildman–Crippen MR) is 67.9 cm³/mol. The summed E-state index contributed by atoms with van der Waals surface area (Å²) in [7, 11) is 0. The topological polar surface area (TPSA) is 12.0 Å². The fourth-order valence-electron chi connectivity index (χ4n) is 2.29. The average molecular weight is 268 g/mol. The third-order valence-corrected chi connectivity index (χ3v) is 3.46. The fourth-order valence-corrected chi connectivity index (χ4v) is 2.69. The molecule has 1 aromatic rings. The lowest BCUT2D eigenvalue weighted by Crippen LogP contribution is -2.36. The van der Waals surface area contributed by atoms with Gasteiger partial charge in [-0.1, -0.05) is 35.8 Å². The molecule has 2 heteroatoms. The van der Waals surface area contributed by atoms with E-state index in [0.29, 0.717) is 6.04 Å². The van der Waals surface area contributed by atoms with Crippen molar-refractivity contribution in [2.24, 2.45) is 5.92 Å². The highest BCUT2D eigenvalue weighted by Gasteiger charge is 2.18. The molecule has 1 heterocycles. The van der Waals surface area contributed by atoms with Crippen LogP contribution in [-0.4, -0.2) is 6.04 Å². The second-order valence-electron chi connectivity index (χ2n) is 4.82. The van der Waals surface area contributed by atoms with Gasteiger partial charge in [0.05, 0.1) is 0 Å². The lowest BCUT2D eigenvalue weighted by molar-refractivity contribution is 0.398. The molecular formula is C13H18BrN. The van der Waals surface area contributed by atoms with Crippen LogP contribution in [0.4, 0.5) is 0 Å². The van der Waals surface area contributed by atoms with Gasteiger partial charge in [0, 0.05) is 17.1 Å². The van der Waals surface area contributed by atoms with Crippen molar-refractivity contribution in [3.8, 4) is 0 Å². The Morgan fingerprint density at radius 1 is 1.40 bits per heavy atom.